The first-order valence-corrected chi connectivity index (χ1v) is 11.2. The zero-order chi connectivity index (χ0) is 19.8. The molecule has 1 aromatic heterocycles. The Morgan fingerprint density at radius 2 is 1.83 bits per heavy atom. The number of amides is 1. The third kappa shape index (κ3) is 3.57. The summed E-state index contributed by atoms with van der Waals surface area (Å²) in [6.45, 7) is 2.75. The molecule has 1 unspecified atom stereocenters. The van der Waals surface area contributed by atoms with E-state index < -0.39 is 0 Å². The third-order valence-electron chi connectivity index (χ3n) is 5.62. The van der Waals surface area contributed by atoms with Crippen LogP contribution in [0, 0.1) is 0 Å². The number of carbonyl (C=O) groups excluding carboxylic acids is 1. The number of rotatable bonds is 5. The van der Waals surface area contributed by atoms with Crippen LogP contribution in [0.1, 0.15) is 43.5 Å². The summed E-state index contributed by atoms with van der Waals surface area (Å²) in [5.41, 5.74) is 3.37. The fraction of sp³-hybridized carbons (Fsp3) is 0.348. The maximum atomic E-state index is 13.3. The van der Waals surface area contributed by atoms with Gasteiger partial charge in [-0.15, -0.1) is 10.2 Å². The van der Waals surface area contributed by atoms with Gasteiger partial charge in [0.25, 0.3) is 0 Å². The molecule has 5 nitrogen and oxygen atoms in total. The summed E-state index contributed by atoms with van der Waals surface area (Å²) in [7, 11) is 0. The Balaban J connectivity index is 1.42. The lowest BCUT2D eigenvalue weighted by molar-refractivity contribution is -0.117. The predicted octanol–water partition coefficient (Wildman–Crippen LogP) is 4.60. The number of fused-ring (bicyclic) bond motifs is 1. The molecule has 0 radical (unpaired) electrons. The van der Waals surface area contributed by atoms with Gasteiger partial charge in [0.2, 0.25) is 5.91 Å². The van der Waals surface area contributed by atoms with E-state index in [0.717, 1.165) is 54.6 Å². The van der Waals surface area contributed by atoms with Gasteiger partial charge in [-0.25, -0.2) is 0 Å². The number of aromatic nitrogens is 3. The second-order valence-corrected chi connectivity index (χ2v) is 9.08. The van der Waals surface area contributed by atoms with Crippen molar-refractivity contribution in [3.05, 3.63) is 66.0 Å². The van der Waals surface area contributed by atoms with Crippen LogP contribution in [0.15, 0.2) is 59.8 Å². The number of thioether (sulfide) groups is 1. The first-order chi connectivity index (χ1) is 14.2. The Morgan fingerprint density at radius 1 is 1.07 bits per heavy atom. The summed E-state index contributed by atoms with van der Waals surface area (Å²) >= 11 is 1.51. The van der Waals surface area contributed by atoms with Crippen molar-refractivity contribution < 1.29 is 4.79 Å². The number of carbonyl (C=O) groups is 1. The molecule has 1 aliphatic carbocycles. The van der Waals surface area contributed by atoms with Crippen LogP contribution in [-0.2, 0) is 11.2 Å². The van der Waals surface area contributed by atoms with Crippen LogP contribution >= 0.6 is 11.8 Å². The molecule has 1 saturated carbocycles. The standard InChI is InChI=1S/C23H24N4OS/c1-16(22(28)26-15-7-9-17-8-5-6-12-20(17)26)29-23-25-24-21(18-13-14-18)27(23)19-10-3-2-4-11-19/h2-6,8,10-12,16,18H,7,9,13-15H2,1H3. The zero-order valence-electron chi connectivity index (χ0n) is 16.5. The Bertz CT molecular complexity index is 1030. The number of hydrogen-bond donors (Lipinski definition) is 0. The number of nitrogens with zero attached hydrogens (tertiary/aromatic N) is 4. The van der Waals surface area contributed by atoms with Gasteiger partial charge in [0.1, 0.15) is 5.82 Å². The highest BCUT2D eigenvalue weighted by Crippen LogP contribution is 2.41. The predicted molar refractivity (Wildman–Crippen MR) is 116 cm³/mol. The molecule has 6 heteroatoms. The average Bonchev–Trinajstić information content (AvgIpc) is 3.53. The van der Waals surface area contributed by atoms with E-state index in [0.29, 0.717) is 5.92 Å². The van der Waals surface area contributed by atoms with Gasteiger partial charge in [0.15, 0.2) is 5.16 Å². The Kier molecular flexibility index (Phi) is 4.87. The van der Waals surface area contributed by atoms with Gasteiger partial charge in [-0.2, -0.15) is 0 Å². The topological polar surface area (TPSA) is 51.0 Å². The van der Waals surface area contributed by atoms with E-state index in [1.54, 1.807) is 0 Å². The Hall–Kier alpha value is -2.60. The minimum Gasteiger partial charge on any atom is -0.311 e. The van der Waals surface area contributed by atoms with Crippen molar-refractivity contribution in [2.75, 3.05) is 11.4 Å². The molecule has 5 rings (SSSR count). The average molecular weight is 405 g/mol. The van der Waals surface area contributed by atoms with Crippen LogP contribution in [-0.4, -0.2) is 32.5 Å². The molecule has 0 bridgehead atoms. The smallest absolute Gasteiger partial charge is 0.240 e. The highest BCUT2D eigenvalue weighted by Gasteiger charge is 2.33. The molecule has 1 amide bonds. The van der Waals surface area contributed by atoms with E-state index in [-0.39, 0.29) is 11.2 Å². The monoisotopic (exact) mass is 404 g/mol. The maximum Gasteiger partial charge on any atom is 0.240 e. The van der Waals surface area contributed by atoms with E-state index in [1.807, 2.05) is 42.2 Å². The van der Waals surface area contributed by atoms with E-state index in [4.69, 9.17) is 0 Å². The van der Waals surface area contributed by atoms with Gasteiger partial charge in [-0.05, 0) is 56.4 Å². The summed E-state index contributed by atoms with van der Waals surface area (Å²) in [6.07, 6.45) is 4.37. The Labute approximate surface area is 175 Å². The molecule has 2 aliphatic rings. The van der Waals surface area contributed by atoms with Gasteiger partial charge in [0.05, 0.1) is 5.25 Å². The van der Waals surface area contributed by atoms with Crippen molar-refractivity contribution in [1.82, 2.24) is 14.8 Å². The van der Waals surface area contributed by atoms with E-state index >= 15 is 0 Å². The minimum atomic E-state index is -0.236. The summed E-state index contributed by atoms with van der Waals surface area (Å²) in [6, 6.07) is 18.5. The second kappa shape index (κ2) is 7.67. The van der Waals surface area contributed by atoms with Crippen molar-refractivity contribution >= 4 is 23.4 Å². The van der Waals surface area contributed by atoms with Crippen molar-refractivity contribution in [2.24, 2.45) is 0 Å². The fourth-order valence-electron chi connectivity index (χ4n) is 3.97. The Morgan fingerprint density at radius 3 is 2.62 bits per heavy atom. The molecule has 2 aromatic carbocycles. The van der Waals surface area contributed by atoms with Crippen molar-refractivity contribution in [1.29, 1.82) is 0 Å². The third-order valence-corrected chi connectivity index (χ3v) is 6.65. The molecule has 29 heavy (non-hydrogen) atoms. The first-order valence-electron chi connectivity index (χ1n) is 10.3. The number of benzene rings is 2. The lowest BCUT2D eigenvalue weighted by atomic mass is 10.0. The number of hydrogen-bond acceptors (Lipinski definition) is 4. The summed E-state index contributed by atoms with van der Waals surface area (Å²) in [4.78, 5) is 15.3. The van der Waals surface area contributed by atoms with Gasteiger partial charge >= 0.3 is 0 Å². The first kappa shape index (κ1) is 18.4. The quantitative estimate of drug-likeness (QED) is 0.583. The molecule has 148 valence electrons. The zero-order valence-corrected chi connectivity index (χ0v) is 17.3. The fourth-order valence-corrected chi connectivity index (χ4v) is 4.91. The van der Waals surface area contributed by atoms with Crippen LogP contribution in [0.5, 0.6) is 0 Å². The van der Waals surface area contributed by atoms with E-state index in [1.165, 1.54) is 17.3 Å². The van der Waals surface area contributed by atoms with Gasteiger partial charge < -0.3 is 4.90 Å². The molecule has 0 saturated heterocycles. The summed E-state index contributed by atoms with van der Waals surface area (Å²) in [5, 5.41) is 9.51. The molecule has 2 heterocycles. The normalized spacial score (nSPS) is 17.1. The van der Waals surface area contributed by atoms with Crippen LogP contribution in [0.25, 0.3) is 5.69 Å². The number of para-hydroxylation sites is 2. The maximum absolute atomic E-state index is 13.3. The van der Waals surface area contributed by atoms with Crippen molar-refractivity contribution in [3.8, 4) is 5.69 Å². The molecular weight excluding hydrogens is 380 g/mol. The summed E-state index contributed by atoms with van der Waals surface area (Å²) < 4.78 is 2.14. The molecule has 1 aliphatic heterocycles. The lowest BCUT2D eigenvalue weighted by Crippen LogP contribution is -2.40. The second-order valence-electron chi connectivity index (χ2n) is 7.77. The molecule has 1 atom stereocenters. The summed E-state index contributed by atoms with van der Waals surface area (Å²) in [5.74, 6) is 1.64. The van der Waals surface area contributed by atoms with Gasteiger partial charge in [-0.1, -0.05) is 48.2 Å². The SMILES string of the molecule is CC(Sc1nnc(C2CC2)n1-c1ccccc1)C(=O)N1CCCc2ccccc21. The van der Waals surface area contributed by atoms with Crippen molar-refractivity contribution in [3.63, 3.8) is 0 Å². The highest BCUT2D eigenvalue weighted by atomic mass is 32.2. The largest absolute Gasteiger partial charge is 0.311 e. The van der Waals surface area contributed by atoms with Gasteiger partial charge in [0, 0.05) is 23.8 Å². The molecular formula is C23H24N4OS. The minimum absolute atomic E-state index is 0.137. The van der Waals surface area contributed by atoms with E-state index in [9.17, 15) is 4.79 Å². The molecule has 3 aromatic rings. The van der Waals surface area contributed by atoms with Crippen LogP contribution in [0.4, 0.5) is 5.69 Å². The lowest BCUT2D eigenvalue weighted by Gasteiger charge is -2.31. The highest BCUT2D eigenvalue weighted by molar-refractivity contribution is 8.00. The van der Waals surface area contributed by atoms with E-state index in [2.05, 4.69) is 39.0 Å². The molecule has 1 fully saturated rings. The molecule has 0 spiro atoms. The number of anilines is 1. The van der Waals surface area contributed by atoms with Crippen LogP contribution in [0.3, 0.4) is 0 Å². The molecule has 0 N–H and O–H groups in total. The van der Waals surface area contributed by atoms with Crippen molar-refractivity contribution in [2.45, 2.75) is 48.9 Å². The van der Waals surface area contributed by atoms with Crippen LogP contribution < -0.4 is 4.90 Å². The number of aryl methyl sites for hydroxylation is 1. The van der Waals surface area contributed by atoms with Crippen LogP contribution in [0.2, 0.25) is 0 Å². The van der Waals surface area contributed by atoms with Gasteiger partial charge in [-0.3, -0.25) is 9.36 Å².